The van der Waals surface area contributed by atoms with Crippen molar-refractivity contribution in [1.29, 1.82) is 0 Å². The molecule has 1 heterocycles. The smallest absolute Gasteiger partial charge is 0.312 e. The first-order valence-corrected chi connectivity index (χ1v) is 10.8. The Bertz CT molecular complexity index is 1310. The lowest BCUT2D eigenvalue weighted by molar-refractivity contribution is -0.385. The first kappa shape index (κ1) is 24.0. The van der Waals surface area contributed by atoms with Crippen molar-refractivity contribution in [2.75, 3.05) is 20.8 Å². The Morgan fingerprint density at radius 2 is 2.09 bits per heavy atom. The minimum atomic E-state index is -0.712. The summed E-state index contributed by atoms with van der Waals surface area (Å²) in [7, 11) is 3.12. The number of thiazole rings is 1. The zero-order valence-corrected chi connectivity index (χ0v) is 19.7. The quantitative estimate of drug-likeness (QED) is 0.210. The summed E-state index contributed by atoms with van der Waals surface area (Å²) >= 11 is 7.35. The van der Waals surface area contributed by atoms with E-state index in [9.17, 15) is 15.2 Å². The maximum Gasteiger partial charge on any atom is 0.312 e. The van der Waals surface area contributed by atoms with Crippen LogP contribution in [0.1, 0.15) is 12.5 Å². The zero-order chi connectivity index (χ0) is 24.1. The molecule has 0 bridgehead atoms. The largest absolute Gasteiger partial charge is 0.502 e. The topological polar surface area (TPSA) is 111 Å². The van der Waals surface area contributed by atoms with E-state index in [1.807, 2.05) is 12.3 Å². The minimum absolute atomic E-state index is 0.0855. The van der Waals surface area contributed by atoms with Gasteiger partial charge in [0.05, 0.1) is 37.6 Å². The molecule has 1 N–H and O–H groups in total. The Labute approximate surface area is 198 Å². The molecule has 0 aliphatic carbocycles. The highest BCUT2D eigenvalue weighted by Gasteiger charge is 2.18. The number of nitro groups is 1. The molecule has 0 atom stereocenters. The predicted octanol–water partition coefficient (Wildman–Crippen LogP) is 4.86. The summed E-state index contributed by atoms with van der Waals surface area (Å²) in [5.41, 5.74) is 1.78. The summed E-state index contributed by atoms with van der Waals surface area (Å²) in [5, 5.41) is 28.0. The van der Waals surface area contributed by atoms with Crippen LogP contribution in [0, 0.1) is 10.1 Å². The summed E-state index contributed by atoms with van der Waals surface area (Å²) < 4.78 is 12.4. The third-order valence-electron chi connectivity index (χ3n) is 4.45. The van der Waals surface area contributed by atoms with Crippen molar-refractivity contribution in [2.24, 2.45) is 10.1 Å². The molecule has 0 spiro atoms. The maximum atomic E-state index is 11.2. The van der Waals surface area contributed by atoms with Crippen LogP contribution >= 0.6 is 22.9 Å². The van der Waals surface area contributed by atoms with E-state index < -0.39 is 16.4 Å². The number of aromatic hydroxyl groups is 1. The fraction of sp³-hybridized carbons (Fsp3) is 0.182. The van der Waals surface area contributed by atoms with E-state index in [0.717, 1.165) is 11.6 Å². The van der Waals surface area contributed by atoms with Crippen molar-refractivity contribution in [1.82, 2.24) is 4.68 Å². The van der Waals surface area contributed by atoms with Gasteiger partial charge in [0, 0.05) is 27.6 Å². The third-order valence-corrected chi connectivity index (χ3v) is 5.52. The number of halogens is 1. The molecule has 0 saturated carbocycles. The number of methoxy groups -OCH3 is 2. The number of rotatable bonds is 8. The van der Waals surface area contributed by atoms with Crippen molar-refractivity contribution >= 4 is 34.8 Å². The molecule has 0 fully saturated rings. The van der Waals surface area contributed by atoms with Crippen LogP contribution in [-0.2, 0) is 0 Å². The number of aromatic nitrogens is 1. The monoisotopic (exact) mass is 488 g/mol. The van der Waals surface area contributed by atoms with Gasteiger partial charge in [-0.15, -0.1) is 11.3 Å². The molecule has 0 aliphatic heterocycles. The molecular weight excluding hydrogens is 468 g/mol. The van der Waals surface area contributed by atoms with Gasteiger partial charge in [-0.25, -0.2) is 4.68 Å². The van der Waals surface area contributed by atoms with E-state index >= 15 is 0 Å². The van der Waals surface area contributed by atoms with Gasteiger partial charge in [0.2, 0.25) is 10.6 Å². The van der Waals surface area contributed by atoms with Gasteiger partial charge in [0.15, 0.2) is 0 Å². The van der Waals surface area contributed by atoms with Gasteiger partial charge in [-0.3, -0.25) is 15.1 Å². The summed E-state index contributed by atoms with van der Waals surface area (Å²) in [4.78, 5) is 15.6. The highest BCUT2D eigenvalue weighted by Crippen LogP contribution is 2.35. The van der Waals surface area contributed by atoms with Gasteiger partial charge in [0.25, 0.3) is 0 Å². The lowest BCUT2D eigenvalue weighted by atomic mass is 10.1. The van der Waals surface area contributed by atoms with Crippen LogP contribution in [0.2, 0.25) is 5.02 Å². The summed E-state index contributed by atoms with van der Waals surface area (Å²) in [6.45, 7) is 6.12. The van der Waals surface area contributed by atoms with Gasteiger partial charge < -0.3 is 14.6 Å². The summed E-state index contributed by atoms with van der Waals surface area (Å²) in [6.07, 6.45) is 1.29. The number of hydrogen-bond donors (Lipinski definition) is 1. The van der Waals surface area contributed by atoms with Crippen molar-refractivity contribution in [3.63, 3.8) is 0 Å². The number of nitrogens with zero attached hydrogens (tertiary/aromatic N) is 4. The first-order valence-electron chi connectivity index (χ1n) is 9.54. The normalized spacial score (nSPS) is 11.7. The molecule has 33 heavy (non-hydrogen) atoms. The van der Waals surface area contributed by atoms with E-state index in [0.29, 0.717) is 34.1 Å². The average Bonchev–Trinajstić information content (AvgIpc) is 3.19. The van der Waals surface area contributed by atoms with Crippen LogP contribution in [0.4, 0.5) is 5.69 Å². The molecule has 0 aliphatic rings. The summed E-state index contributed by atoms with van der Waals surface area (Å²) in [6, 6.07) is 7.81. The van der Waals surface area contributed by atoms with Crippen LogP contribution in [-0.4, -0.2) is 41.7 Å². The minimum Gasteiger partial charge on any atom is -0.502 e. The molecule has 0 unspecified atom stereocenters. The molecule has 9 nitrogen and oxygen atoms in total. The summed E-state index contributed by atoms with van der Waals surface area (Å²) in [5.74, 6) is 0.672. The molecule has 172 valence electrons. The standard InChI is InChI=1S/C22H21ClN4O5S/c1-13(2)10-24-22-26(25-11-14-7-15(23)8-18(21(14)28)27(29)30)19(12-33-22)17-9-16(31-3)5-6-20(17)32-4/h5-9,11-12,28H,1,10H2,2-4H3. The predicted molar refractivity (Wildman–Crippen MR) is 129 cm³/mol. The SMILES string of the molecule is C=C(C)CN=c1scc(-c2cc(OC)ccc2OC)n1N=Cc1cc(Cl)cc([N+](=O)[O-])c1O. The van der Waals surface area contributed by atoms with E-state index in [2.05, 4.69) is 16.7 Å². The Morgan fingerprint density at radius 3 is 2.73 bits per heavy atom. The van der Waals surface area contributed by atoms with Crippen molar-refractivity contribution < 1.29 is 19.5 Å². The number of benzene rings is 2. The molecule has 2 aromatic carbocycles. The molecule has 0 amide bonds. The van der Waals surface area contributed by atoms with Gasteiger partial charge in [-0.05, 0) is 31.2 Å². The van der Waals surface area contributed by atoms with Crippen molar-refractivity contribution in [2.45, 2.75) is 6.92 Å². The van der Waals surface area contributed by atoms with E-state index in [-0.39, 0.29) is 10.6 Å². The van der Waals surface area contributed by atoms with Crippen molar-refractivity contribution in [3.8, 4) is 28.5 Å². The number of nitro benzene ring substituents is 1. The fourth-order valence-electron chi connectivity index (χ4n) is 2.88. The molecule has 1 aromatic heterocycles. The molecule has 3 aromatic rings. The number of phenolic OH excluding ortho intramolecular Hbond substituents is 1. The number of phenols is 1. The van der Waals surface area contributed by atoms with Gasteiger partial charge in [0.1, 0.15) is 11.5 Å². The average molecular weight is 489 g/mol. The number of hydrogen-bond acceptors (Lipinski definition) is 8. The van der Waals surface area contributed by atoms with Crippen molar-refractivity contribution in [3.05, 3.63) is 73.4 Å². The molecule has 3 rings (SSSR count). The Balaban J connectivity index is 2.22. The fourth-order valence-corrected chi connectivity index (χ4v) is 3.93. The lowest BCUT2D eigenvalue weighted by Crippen LogP contribution is -2.13. The van der Waals surface area contributed by atoms with Crippen LogP contribution in [0.15, 0.2) is 58.0 Å². The Morgan fingerprint density at radius 1 is 1.33 bits per heavy atom. The Hall–Kier alpha value is -3.63. The number of ether oxygens (including phenoxy) is 2. The van der Waals surface area contributed by atoms with E-state index in [4.69, 9.17) is 21.1 Å². The third kappa shape index (κ3) is 5.41. The van der Waals surface area contributed by atoms with E-state index in [1.54, 1.807) is 37.1 Å². The molecule has 11 heteroatoms. The first-order chi connectivity index (χ1) is 15.7. The molecular formula is C22H21ClN4O5S. The molecule has 0 radical (unpaired) electrons. The second kappa shape index (κ2) is 10.3. The second-order valence-corrected chi connectivity index (χ2v) is 8.19. The van der Waals surface area contributed by atoms with Crippen LogP contribution < -0.4 is 14.3 Å². The maximum absolute atomic E-state index is 11.2. The lowest BCUT2D eigenvalue weighted by Gasteiger charge is -2.11. The van der Waals surface area contributed by atoms with Gasteiger partial charge >= 0.3 is 5.69 Å². The highest BCUT2D eigenvalue weighted by molar-refractivity contribution is 7.07. The molecule has 0 saturated heterocycles. The zero-order valence-electron chi connectivity index (χ0n) is 18.1. The second-order valence-electron chi connectivity index (χ2n) is 6.92. The van der Waals surface area contributed by atoms with E-state index in [1.165, 1.54) is 23.6 Å². The van der Waals surface area contributed by atoms with Gasteiger partial charge in [-0.1, -0.05) is 23.8 Å². The van der Waals surface area contributed by atoms with Crippen LogP contribution in [0.5, 0.6) is 17.2 Å². The van der Waals surface area contributed by atoms with Crippen LogP contribution in [0.3, 0.4) is 0 Å². The highest BCUT2D eigenvalue weighted by atomic mass is 35.5. The Kier molecular flexibility index (Phi) is 7.52. The van der Waals surface area contributed by atoms with Gasteiger partial charge in [-0.2, -0.15) is 5.10 Å². The van der Waals surface area contributed by atoms with Crippen LogP contribution in [0.25, 0.3) is 11.3 Å².